The maximum atomic E-state index is 12.9. The predicted octanol–water partition coefficient (Wildman–Crippen LogP) is 2.75. The second kappa shape index (κ2) is 8.24. The van der Waals surface area contributed by atoms with Crippen LogP contribution in [0.4, 0.5) is 4.79 Å². The van der Waals surface area contributed by atoms with Crippen molar-refractivity contribution in [3.8, 4) is 5.75 Å². The molecular formula is C20H26N2O5. The molecule has 0 bridgehead atoms. The molecule has 1 aliphatic heterocycles. The van der Waals surface area contributed by atoms with Gasteiger partial charge in [-0.2, -0.15) is 0 Å². The van der Waals surface area contributed by atoms with Gasteiger partial charge in [0.05, 0.1) is 6.61 Å². The van der Waals surface area contributed by atoms with Crippen molar-refractivity contribution in [1.29, 1.82) is 0 Å². The van der Waals surface area contributed by atoms with Gasteiger partial charge in [0.1, 0.15) is 23.9 Å². The third-order valence-corrected chi connectivity index (χ3v) is 4.32. The van der Waals surface area contributed by atoms with E-state index in [1.54, 1.807) is 31.2 Å². The first-order valence-corrected chi connectivity index (χ1v) is 8.90. The number of urea groups is 1. The summed E-state index contributed by atoms with van der Waals surface area (Å²) in [6.07, 6.45) is 0.663. The Balaban J connectivity index is 2.18. The van der Waals surface area contributed by atoms with Crippen molar-refractivity contribution in [2.45, 2.75) is 45.7 Å². The van der Waals surface area contributed by atoms with Gasteiger partial charge in [-0.1, -0.05) is 25.6 Å². The van der Waals surface area contributed by atoms with E-state index in [0.29, 0.717) is 24.3 Å². The first-order chi connectivity index (χ1) is 12.7. The van der Waals surface area contributed by atoms with Gasteiger partial charge in [0.25, 0.3) is 5.91 Å². The lowest BCUT2D eigenvalue weighted by Gasteiger charge is -2.24. The van der Waals surface area contributed by atoms with E-state index in [-0.39, 0.29) is 6.61 Å². The van der Waals surface area contributed by atoms with Gasteiger partial charge < -0.3 is 14.8 Å². The maximum Gasteiger partial charge on any atom is 0.329 e. The Hall–Kier alpha value is -2.83. The second-order valence-electron chi connectivity index (χ2n) is 6.84. The van der Waals surface area contributed by atoms with Crippen molar-refractivity contribution in [3.05, 3.63) is 42.0 Å². The summed E-state index contributed by atoms with van der Waals surface area (Å²) in [5, 5.41) is 2.68. The van der Waals surface area contributed by atoms with Crippen LogP contribution >= 0.6 is 0 Å². The van der Waals surface area contributed by atoms with Crippen molar-refractivity contribution >= 4 is 17.9 Å². The fourth-order valence-electron chi connectivity index (χ4n) is 2.73. The number of carbonyl (C=O) groups is 3. The number of nitrogens with zero attached hydrogens (tertiary/aromatic N) is 1. The van der Waals surface area contributed by atoms with Gasteiger partial charge >= 0.3 is 12.0 Å². The molecule has 0 aromatic heterocycles. The molecule has 2 atom stereocenters. The number of nitrogens with one attached hydrogen (secondary N) is 1. The predicted molar refractivity (Wildman–Crippen MR) is 100 cm³/mol. The standard InChI is InChI=1S/C20H26N2O5/c1-6-11-26-17(23)14(4)22-18(24)20(5,21-19(22)25)15-7-9-16(10-8-15)27-12-13(2)3/h7-10,14H,2,6,11-12H2,1,3-5H3,(H,21,25). The number of amides is 3. The molecular weight excluding hydrogens is 348 g/mol. The van der Waals surface area contributed by atoms with E-state index >= 15 is 0 Å². The molecule has 1 aromatic rings. The molecule has 1 heterocycles. The quantitative estimate of drug-likeness (QED) is 0.430. The molecule has 0 spiro atoms. The summed E-state index contributed by atoms with van der Waals surface area (Å²) in [6, 6.07) is 5.27. The largest absolute Gasteiger partial charge is 0.489 e. The highest BCUT2D eigenvalue weighted by molar-refractivity contribution is 6.09. The molecule has 0 saturated carbocycles. The summed E-state index contributed by atoms with van der Waals surface area (Å²) in [5.74, 6) is -0.465. The summed E-state index contributed by atoms with van der Waals surface area (Å²) < 4.78 is 10.6. The van der Waals surface area contributed by atoms with Gasteiger partial charge in [-0.25, -0.2) is 14.5 Å². The van der Waals surface area contributed by atoms with Crippen LogP contribution in [0.5, 0.6) is 5.75 Å². The molecule has 1 aliphatic rings. The molecule has 0 radical (unpaired) electrons. The highest BCUT2D eigenvalue weighted by atomic mass is 16.5. The van der Waals surface area contributed by atoms with Crippen LogP contribution in [0, 0.1) is 0 Å². The number of hydrogen-bond donors (Lipinski definition) is 1. The van der Waals surface area contributed by atoms with E-state index < -0.39 is 29.5 Å². The lowest BCUT2D eigenvalue weighted by atomic mass is 9.92. The molecule has 7 heteroatoms. The van der Waals surface area contributed by atoms with E-state index in [2.05, 4.69) is 11.9 Å². The SMILES string of the molecule is C=C(C)COc1ccc(C2(C)NC(=O)N(C(C)C(=O)OCCC)C2=O)cc1. The topological polar surface area (TPSA) is 84.9 Å². The first kappa shape index (κ1) is 20.5. The lowest BCUT2D eigenvalue weighted by Crippen LogP contribution is -2.46. The Morgan fingerprint density at radius 3 is 2.48 bits per heavy atom. The van der Waals surface area contributed by atoms with Crippen molar-refractivity contribution in [1.82, 2.24) is 10.2 Å². The summed E-state index contributed by atoms with van der Waals surface area (Å²) in [4.78, 5) is 38.3. The monoisotopic (exact) mass is 374 g/mol. The minimum atomic E-state index is -1.26. The Morgan fingerprint density at radius 2 is 1.93 bits per heavy atom. The van der Waals surface area contributed by atoms with E-state index in [9.17, 15) is 14.4 Å². The van der Waals surface area contributed by atoms with Gasteiger partial charge in [0.2, 0.25) is 0 Å². The van der Waals surface area contributed by atoms with E-state index in [4.69, 9.17) is 9.47 Å². The number of hydrogen-bond acceptors (Lipinski definition) is 5. The van der Waals surface area contributed by atoms with Crippen LogP contribution in [-0.2, 0) is 19.9 Å². The van der Waals surface area contributed by atoms with E-state index in [1.165, 1.54) is 6.92 Å². The summed E-state index contributed by atoms with van der Waals surface area (Å²) in [6.45, 7) is 11.2. The molecule has 2 unspecified atom stereocenters. The minimum absolute atomic E-state index is 0.246. The third kappa shape index (κ3) is 4.30. The average Bonchev–Trinajstić information content (AvgIpc) is 2.87. The molecule has 146 valence electrons. The summed E-state index contributed by atoms with van der Waals surface area (Å²) in [7, 11) is 0. The zero-order chi connectivity index (χ0) is 20.2. The van der Waals surface area contributed by atoms with E-state index in [1.807, 2.05) is 13.8 Å². The van der Waals surface area contributed by atoms with Gasteiger partial charge in [0, 0.05) is 0 Å². The number of imide groups is 1. The molecule has 7 nitrogen and oxygen atoms in total. The molecule has 1 aromatic carbocycles. The van der Waals surface area contributed by atoms with Crippen molar-refractivity contribution < 1.29 is 23.9 Å². The smallest absolute Gasteiger partial charge is 0.329 e. The minimum Gasteiger partial charge on any atom is -0.489 e. The number of ether oxygens (including phenoxy) is 2. The lowest BCUT2D eigenvalue weighted by molar-refractivity contribution is -0.152. The molecule has 1 N–H and O–H groups in total. The highest BCUT2D eigenvalue weighted by Crippen LogP contribution is 2.31. The Bertz CT molecular complexity index is 743. The van der Waals surface area contributed by atoms with Gasteiger partial charge in [-0.15, -0.1) is 0 Å². The average molecular weight is 374 g/mol. The highest BCUT2D eigenvalue weighted by Gasteiger charge is 2.52. The Kier molecular flexibility index (Phi) is 6.25. The van der Waals surface area contributed by atoms with Crippen LogP contribution in [0.25, 0.3) is 0 Å². The second-order valence-corrected chi connectivity index (χ2v) is 6.84. The van der Waals surface area contributed by atoms with Gasteiger partial charge in [-0.3, -0.25) is 4.79 Å². The molecule has 27 heavy (non-hydrogen) atoms. The first-order valence-electron chi connectivity index (χ1n) is 8.90. The molecule has 1 fully saturated rings. The van der Waals surface area contributed by atoms with Crippen LogP contribution in [0.15, 0.2) is 36.4 Å². The maximum absolute atomic E-state index is 12.9. The van der Waals surface area contributed by atoms with Crippen LogP contribution < -0.4 is 10.1 Å². The normalized spacial score (nSPS) is 20.2. The summed E-state index contributed by atoms with van der Waals surface area (Å²) in [5.41, 5.74) is 0.229. The molecule has 1 saturated heterocycles. The van der Waals surface area contributed by atoms with Crippen LogP contribution in [0.3, 0.4) is 0 Å². The summed E-state index contributed by atoms with van der Waals surface area (Å²) >= 11 is 0. The Morgan fingerprint density at radius 1 is 1.30 bits per heavy atom. The molecule has 0 aliphatic carbocycles. The van der Waals surface area contributed by atoms with E-state index in [0.717, 1.165) is 10.5 Å². The van der Waals surface area contributed by atoms with Crippen molar-refractivity contribution in [2.75, 3.05) is 13.2 Å². The fourth-order valence-corrected chi connectivity index (χ4v) is 2.73. The van der Waals surface area contributed by atoms with Crippen molar-refractivity contribution in [3.63, 3.8) is 0 Å². The number of rotatable bonds is 8. The van der Waals surface area contributed by atoms with Gasteiger partial charge in [-0.05, 0) is 50.5 Å². The zero-order valence-corrected chi connectivity index (χ0v) is 16.2. The van der Waals surface area contributed by atoms with Crippen molar-refractivity contribution in [2.24, 2.45) is 0 Å². The van der Waals surface area contributed by atoms with Gasteiger partial charge in [0.15, 0.2) is 0 Å². The van der Waals surface area contributed by atoms with Crippen LogP contribution in [0.1, 0.15) is 39.7 Å². The fraction of sp³-hybridized carbons (Fsp3) is 0.450. The number of carbonyl (C=O) groups excluding carboxylic acids is 3. The number of esters is 1. The molecule has 2 rings (SSSR count). The van der Waals surface area contributed by atoms with Crippen LogP contribution in [-0.4, -0.2) is 42.1 Å². The third-order valence-electron chi connectivity index (χ3n) is 4.32. The number of benzene rings is 1. The zero-order valence-electron chi connectivity index (χ0n) is 16.2. The Labute approximate surface area is 159 Å². The molecule has 3 amide bonds. The van der Waals surface area contributed by atoms with Crippen LogP contribution in [0.2, 0.25) is 0 Å².